The Kier molecular flexibility index (Phi) is 5.99. The molecule has 2 rings (SSSR count). The van der Waals surface area contributed by atoms with Gasteiger partial charge in [0.05, 0.1) is 13.2 Å². The maximum Gasteiger partial charge on any atom is 0.317 e. The molecule has 0 spiro atoms. The number of hydrogen-bond acceptors (Lipinski definition) is 3. The standard InChI is InChI=1S/C17H25F2N3O2/c1-11(13-5-6-14(24-4)16(19)15(13)18)20-17(23)22(3)12-7-9-21(2)10-8-12/h5-6,11-12H,7-10H2,1-4H3,(H,20,23). The van der Waals surface area contributed by atoms with Crippen LogP contribution in [0.15, 0.2) is 12.1 Å². The molecule has 1 fully saturated rings. The lowest BCUT2D eigenvalue weighted by Gasteiger charge is -2.35. The number of nitrogens with zero attached hydrogens (tertiary/aromatic N) is 2. The van der Waals surface area contributed by atoms with Crippen LogP contribution in [0.5, 0.6) is 5.75 Å². The molecule has 1 unspecified atom stereocenters. The van der Waals surface area contributed by atoms with Crippen LogP contribution in [0.1, 0.15) is 31.4 Å². The summed E-state index contributed by atoms with van der Waals surface area (Å²) in [5, 5.41) is 2.74. The highest BCUT2D eigenvalue weighted by Crippen LogP contribution is 2.26. The Morgan fingerprint density at radius 1 is 1.33 bits per heavy atom. The number of nitrogens with one attached hydrogen (secondary N) is 1. The highest BCUT2D eigenvalue weighted by molar-refractivity contribution is 5.74. The van der Waals surface area contributed by atoms with E-state index in [1.54, 1.807) is 18.9 Å². The maximum absolute atomic E-state index is 14.1. The van der Waals surface area contributed by atoms with Crippen molar-refractivity contribution in [2.45, 2.75) is 31.8 Å². The molecule has 0 aromatic heterocycles. The summed E-state index contributed by atoms with van der Waals surface area (Å²) in [4.78, 5) is 16.3. The summed E-state index contributed by atoms with van der Waals surface area (Å²) in [7, 11) is 5.07. The number of likely N-dealkylation sites (tertiary alicyclic amines) is 1. The third-order valence-corrected chi connectivity index (χ3v) is 4.66. The molecule has 1 saturated heterocycles. The SMILES string of the molecule is COc1ccc(C(C)NC(=O)N(C)C2CCN(C)CC2)c(F)c1F. The fraction of sp³-hybridized carbons (Fsp3) is 0.588. The predicted octanol–water partition coefficient (Wildman–Crippen LogP) is 2.77. The molecule has 5 nitrogen and oxygen atoms in total. The topological polar surface area (TPSA) is 44.8 Å². The van der Waals surface area contributed by atoms with E-state index in [-0.39, 0.29) is 23.4 Å². The van der Waals surface area contributed by atoms with Crippen LogP contribution in [0.4, 0.5) is 13.6 Å². The van der Waals surface area contributed by atoms with Gasteiger partial charge in [0.25, 0.3) is 0 Å². The van der Waals surface area contributed by atoms with Crippen molar-refractivity contribution in [2.24, 2.45) is 0 Å². The molecule has 134 valence electrons. The summed E-state index contributed by atoms with van der Waals surface area (Å²) in [5.41, 5.74) is 0.0958. The van der Waals surface area contributed by atoms with Crippen LogP contribution in [0.25, 0.3) is 0 Å². The van der Waals surface area contributed by atoms with Crippen LogP contribution < -0.4 is 10.1 Å². The fourth-order valence-electron chi connectivity index (χ4n) is 2.95. The molecule has 1 N–H and O–H groups in total. The van der Waals surface area contributed by atoms with Gasteiger partial charge in [-0.2, -0.15) is 4.39 Å². The van der Waals surface area contributed by atoms with Crippen LogP contribution in [0.3, 0.4) is 0 Å². The molecule has 24 heavy (non-hydrogen) atoms. The lowest BCUT2D eigenvalue weighted by Crippen LogP contribution is -2.48. The Balaban J connectivity index is 2.02. The van der Waals surface area contributed by atoms with Crippen molar-refractivity contribution in [3.8, 4) is 5.75 Å². The van der Waals surface area contributed by atoms with Crippen molar-refractivity contribution in [2.75, 3.05) is 34.3 Å². The second-order valence-electron chi connectivity index (χ2n) is 6.30. The zero-order valence-corrected chi connectivity index (χ0v) is 14.6. The first-order valence-electron chi connectivity index (χ1n) is 8.09. The molecular formula is C17H25F2N3O2. The maximum atomic E-state index is 14.1. The van der Waals surface area contributed by atoms with Gasteiger partial charge in [0, 0.05) is 18.7 Å². The van der Waals surface area contributed by atoms with Crippen LogP contribution in [-0.2, 0) is 0 Å². The Morgan fingerprint density at radius 3 is 2.54 bits per heavy atom. The van der Waals surface area contributed by atoms with Gasteiger partial charge in [-0.25, -0.2) is 9.18 Å². The minimum Gasteiger partial charge on any atom is -0.494 e. The third kappa shape index (κ3) is 3.95. The largest absolute Gasteiger partial charge is 0.494 e. The van der Waals surface area contributed by atoms with E-state index in [1.165, 1.54) is 19.2 Å². The van der Waals surface area contributed by atoms with Gasteiger partial charge in [-0.15, -0.1) is 0 Å². The second-order valence-corrected chi connectivity index (χ2v) is 6.30. The third-order valence-electron chi connectivity index (χ3n) is 4.66. The first-order chi connectivity index (χ1) is 11.3. The van der Waals surface area contributed by atoms with Gasteiger partial charge in [-0.1, -0.05) is 6.07 Å². The minimum atomic E-state index is -1.04. The smallest absolute Gasteiger partial charge is 0.317 e. The van der Waals surface area contributed by atoms with Crippen LogP contribution in [-0.4, -0.2) is 56.2 Å². The Hall–Kier alpha value is -1.89. The lowest BCUT2D eigenvalue weighted by atomic mass is 10.0. The Bertz CT molecular complexity index is 589. The van der Waals surface area contributed by atoms with Gasteiger partial charge in [0.1, 0.15) is 0 Å². The Labute approximate surface area is 141 Å². The zero-order valence-electron chi connectivity index (χ0n) is 14.6. The number of hydrogen-bond donors (Lipinski definition) is 1. The summed E-state index contributed by atoms with van der Waals surface area (Å²) >= 11 is 0. The van der Waals surface area contributed by atoms with E-state index in [0.717, 1.165) is 25.9 Å². The quantitative estimate of drug-likeness (QED) is 0.916. The molecule has 1 aromatic rings. The van der Waals surface area contributed by atoms with Gasteiger partial charge in [0.15, 0.2) is 11.6 Å². The first kappa shape index (κ1) is 18.4. The highest BCUT2D eigenvalue weighted by Gasteiger charge is 2.26. The van der Waals surface area contributed by atoms with Gasteiger partial charge in [0.2, 0.25) is 5.82 Å². The number of carbonyl (C=O) groups excluding carboxylic acids is 1. The number of urea groups is 1. The zero-order chi connectivity index (χ0) is 17.9. The molecule has 7 heteroatoms. The summed E-state index contributed by atoms with van der Waals surface area (Å²) in [6, 6.07) is 2.01. The summed E-state index contributed by atoms with van der Waals surface area (Å²) in [6.45, 7) is 3.51. The summed E-state index contributed by atoms with van der Waals surface area (Å²) in [6.07, 6.45) is 1.81. The normalized spacial score (nSPS) is 17.4. The van der Waals surface area contributed by atoms with Crippen molar-refractivity contribution in [1.82, 2.24) is 15.1 Å². The number of rotatable bonds is 4. The second kappa shape index (κ2) is 7.79. The first-order valence-corrected chi connectivity index (χ1v) is 8.09. The predicted molar refractivity (Wildman–Crippen MR) is 88.1 cm³/mol. The van der Waals surface area contributed by atoms with Gasteiger partial charge in [-0.3, -0.25) is 0 Å². The monoisotopic (exact) mass is 341 g/mol. The lowest BCUT2D eigenvalue weighted by molar-refractivity contribution is 0.146. The van der Waals surface area contributed by atoms with Crippen LogP contribution in [0, 0.1) is 11.6 Å². The summed E-state index contributed by atoms with van der Waals surface area (Å²) < 4.78 is 32.7. The van der Waals surface area contributed by atoms with Gasteiger partial charge >= 0.3 is 6.03 Å². The van der Waals surface area contributed by atoms with E-state index in [4.69, 9.17) is 4.74 Å². The average Bonchev–Trinajstić information content (AvgIpc) is 2.57. The molecule has 2 amide bonds. The van der Waals surface area contributed by atoms with E-state index in [9.17, 15) is 13.6 Å². The number of amides is 2. The highest BCUT2D eigenvalue weighted by atomic mass is 19.2. The van der Waals surface area contributed by atoms with Crippen molar-refractivity contribution in [3.63, 3.8) is 0 Å². The number of carbonyl (C=O) groups is 1. The number of halogens is 2. The molecule has 0 radical (unpaired) electrons. The molecule has 0 bridgehead atoms. The molecule has 1 aliphatic heterocycles. The van der Waals surface area contributed by atoms with Crippen LogP contribution >= 0.6 is 0 Å². The van der Waals surface area contributed by atoms with E-state index >= 15 is 0 Å². The van der Waals surface area contributed by atoms with Crippen LogP contribution in [0.2, 0.25) is 0 Å². The molecule has 0 aliphatic carbocycles. The molecule has 0 saturated carbocycles. The van der Waals surface area contributed by atoms with E-state index in [2.05, 4.69) is 17.3 Å². The van der Waals surface area contributed by atoms with Gasteiger partial charge < -0.3 is 19.9 Å². The van der Waals surface area contributed by atoms with E-state index in [0.29, 0.717) is 0 Å². The Morgan fingerprint density at radius 2 is 1.96 bits per heavy atom. The van der Waals surface area contributed by atoms with Crippen molar-refractivity contribution in [3.05, 3.63) is 29.3 Å². The fourth-order valence-corrected chi connectivity index (χ4v) is 2.95. The molecule has 1 atom stereocenters. The number of methoxy groups -OCH3 is 1. The van der Waals surface area contributed by atoms with Gasteiger partial charge in [-0.05, 0) is 46.0 Å². The number of ether oxygens (including phenoxy) is 1. The minimum absolute atomic E-state index is 0.0958. The van der Waals surface area contributed by atoms with Crippen molar-refractivity contribution >= 4 is 6.03 Å². The molecule has 1 aliphatic rings. The van der Waals surface area contributed by atoms with Crippen molar-refractivity contribution < 1.29 is 18.3 Å². The van der Waals surface area contributed by atoms with Crippen molar-refractivity contribution in [1.29, 1.82) is 0 Å². The molecule has 1 heterocycles. The number of benzene rings is 1. The average molecular weight is 341 g/mol. The van der Waals surface area contributed by atoms with E-state index < -0.39 is 17.7 Å². The van der Waals surface area contributed by atoms with E-state index in [1.807, 2.05) is 0 Å². The molecule has 1 aromatic carbocycles. The summed E-state index contributed by atoms with van der Waals surface area (Å²) in [5.74, 6) is -2.19. The molecular weight excluding hydrogens is 316 g/mol. The number of piperidine rings is 1.